The van der Waals surface area contributed by atoms with Crippen LogP contribution in [0.15, 0.2) is 0 Å². The zero-order chi connectivity index (χ0) is 15.3. The Bertz CT molecular complexity index is 273. The van der Waals surface area contributed by atoms with Gasteiger partial charge in [-0.3, -0.25) is 4.79 Å². The molecule has 0 aromatic rings. The SMILES string of the molecule is CC(CCCC(C)CC(C)(C)C(=O)O)CC(C)(C)C. The third-order valence-electron chi connectivity index (χ3n) is 3.79. The summed E-state index contributed by atoms with van der Waals surface area (Å²) >= 11 is 0. The largest absolute Gasteiger partial charge is 0.481 e. The number of aliphatic carboxylic acids is 1. The van der Waals surface area contributed by atoms with E-state index in [1.165, 1.54) is 19.3 Å². The highest BCUT2D eigenvalue weighted by atomic mass is 16.4. The van der Waals surface area contributed by atoms with Gasteiger partial charge in [0.05, 0.1) is 5.41 Å². The van der Waals surface area contributed by atoms with E-state index in [-0.39, 0.29) is 0 Å². The van der Waals surface area contributed by atoms with Crippen LogP contribution in [0.4, 0.5) is 0 Å². The highest BCUT2D eigenvalue weighted by Gasteiger charge is 2.28. The van der Waals surface area contributed by atoms with Crippen LogP contribution in [0.25, 0.3) is 0 Å². The van der Waals surface area contributed by atoms with Crippen molar-refractivity contribution in [2.24, 2.45) is 22.7 Å². The van der Waals surface area contributed by atoms with Crippen LogP contribution in [0, 0.1) is 22.7 Å². The second-order valence-corrected chi connectivity index (χ2v) is 8.30. The van der Waals surface area contributed by atoms with E-state index in [1.54, 1.807) is 0 Å². The van der Waals surface area contributed by atoms with E-state index < -0.39 is 11.4 Å². The van der Waals surface area contributed by atoms with E-state index in [2.05, 4.69) is 34.6 Å². The summed E-state index contributed by atoms with van der Waals surface area (Å²) in [7, 11) is 0. The van der Waals surface area contributed by atoms with Crippen molar-refractivity contribution < 1.29 is 9.90 Å². The number of hydrogen-bond acceptors (Lipinski definition) is 1. The van der Waals surface area contributed by atoms with Crippen LogP contribution in [0.1, 0.15) is 80.6 Å². The van der Waals surface area contributed by atoms with Crippen LogP contribution in [0.2, 0.25) is 0 Å². The molecular formula is C17H34O2. The number of rotatable bonds is 8. The molecule has 19 heavy (non-hydrogen) atoms. The van der Waals surface area contributed by atoms with E-state index in [0.29, 0.717) is 11.3 Å². The minimum Gasteiger partial charge on any atom is -0.481 e. The van der Waals surface area contributed by atoms with Gasteiger partial charge < -0.3 is 5.11 Å². The van der Waals surface area contributed by atoms with Gasteiger partial charge in [-0.1, -0.05) is 53.9 Å². The quantitative estimate of drug-likeness (QED) is 0.644. The van der Waals surface area contributed by atoms with Gasteiger partial charge >= 0.3 is 5.97 Å². The first kappa shape index (κ1) is 18.5. The van der Waals surface area contributed by atoms with Gasteiger partial charge in [-0.25, -0.2) is 0 Å². The lowest BCUT2D eigenvalue weighted by atomic mass is 9.80. The molecule has 0 fully saturated rings. The molecule has 2 nitrogen and oxygen atoms in total. The molecule has 0 aliphatic rings. The van der Waals surface area contributed by atoms with Crippen LogP contribution in [-0.4, -0.2) is 11.1 Å². The molecule has 0 saturated heterocycles. The molecule has 0 aromatic carbocycles. The van der Waals surface area contributed by atoms with Crippen molar-refractivity contribution in [1.82, 2.24) is 0 Å². The van der Waals surface area contributed by atoms with Crippen LogP contribution in [0.3, 0.4) is 0 Å². The Balaban J connectivity index is 3.93. The van der Waals surface area contributed by atoms with Gasteiger partial charge in [0.25, 0.3) is 0 Å². The molecule has 0 heterocycles. The molecule has 0 rings (SSSR count). The second-order valence-electron chi connectivity index (χ2n) is 8.30. The van der Waals surface area contributed by atoms with Crippen LogP contribution >= 0.6 is 0 Å². The second kappa shape index (κ2) is 7.31. The van der Waals surface area contributed by atoms with Crippen molar-refractivity contribution in [3.63, 3.8) is 0 Å². The van der Waals surface area contributed by atoms with E-state index in [9.17, 15) is 4.79 Å². The molecular weight excluding hydrogens is 236 g/mol. The van der Waals surface area contributed by atoms with Crippen LogP contribution in [0.5, 0.6) is 0 Å². The van der Waals surface area contributed by atoms with Gasteiger partial charge in [-0.15, -0.1) is 0 Å². The van der Waals surface area contributed by atoms with E-state index >= 15 is 0 Å². The summed E-state index contributed by atoms with van der Waals surface area (Å²) in [6.07, 6.45) is 5.66. The first-order chi connectivity index (χ1) is 8.44. The van der Waals surface area contributed by atoms with E-state index in [4.69, 9.17) is 5.11 Å². The lowest BCUT2D eigenvalue weighted by Gasteiger charge is -2.25. The molecule has 0 spiro atoms. The minimum absolute atomic E-state index is 0.413. The molecule has 0 bridgehead atoms. The Labute approximate surface area is 120 Å². The average Bonchev–Trinajstić information content (AvgIpc) is 2.12. The summed E-state index contributed by atoms with van der Waals surface area (Å²) in [5.41, 5.74) is -0.174. The maximum atomic E-state index is 11.1. The van der Waals surface area contributed by atoms with E-state index in [0.717, 1.165) is 18.8 Å². The fourth-order valence-corrected chi connectivity index (χ4v) is 3.02. The maximum absolute atomic E-state index is 11.1. The number of hydrogen-bond donors (Lipinski definition) is 1. The van der Waals surface area contributed by atoms with Crippen LogP contribution < -0.4 is 0 Å². The molecule has 0 amide bonds. The minimum atomic E-state index is -0.680. The molecule has 1 N–H and O–H groups in total. The predicted molar refractivity (Wildman–Crippen MR) is 82.3 cm³/mol. The highest BCUT2D eigenvalue weighted by Crippen LogP contribution is 2.30. The normalized spacial score (nSPS) is 16.2. The van der Waals surface area contributed by atoms with Crippen molar-refractivity contribution in [2.75, 3.05) is 0 Å². The maximum Gasteiger partial charge on any atom is 0.309 e. The Kier molecular flexibility index (Phi) is 7.10. The van der Waals surface area contributed by atoms with Gasteiger partial charge in [-0.2, -0.15) is 0 Å². The first-order valence-electron chi connectivity index (χ1n) is 7.67. The van der Waals surface area contributed by atoms with Gasteiger partial charge in [0, 0.05) is 0 Å². The number of carbonyl (C=O) groups is 1. The van der Waals surface area contributed by atoms with Gasteiger partial charge in [0.1, 0.15) is 0 Å². The molecule has 2 heteroatoms. The van der Waals surface area contributed by atoms with Crippen molar-refractivity contribution in [3.05, 3.63) is 0 Å². The van der Waals surface area contributed by atoms with Crippen molar-refractivity contribution >= 4 is 5.97 Å². The molecule has 0 aliphatic heterocycles. The fourth-order valence-electron chi connectivity index (χ4n) is 3.02. The monoisotopic (exact) mass is 270 g/mol. The summed E-state index contributed by atoms with van der Waals surface area (Å²) in [6.45, 7) is 15.0. The Morgan fingerprint density at radius 3 is 1.74 bits per heavy atom. The zero-order valence-electron chi connectivity index (χ0n) is 14.0. The lowest BCUT2D eigenvalue weighted by molar-refractivity contribution is -0.147. The van der Waals surface area contributed by atoms with E-state index in [1.807, 2.05) is 13.8 Å². The summed E-state index contributed by atoms with van der Waals surface area (Å²) in [4.78, 5) is 11.1. The average molecular weight is 270 g/mol. The molecule has 114 valence electrons. The Morgan fingerprint density at radius 2 is 1.37 bits per heavy atom. The summed E-state index contributed by atoms with van der Waals surface area (Å²) in [5.74, 6) is 0.577. The standard InChI is InChI=1S/C17H34O2/c1-13(11-16(3,4)5)9-8-10-14(2)12-17(6,7)15(18)19/h13-14H,8-12H2,1-7H3,(H,18,19). The predicted octanol–water partition coefficient (Wildman–Crippen LogP) is 5.37. The topological polar surface area (TPSA) is 37.3 Å². The first-order valence-corrected chi connectivity index (χ1v) is 7.67. The zero-order valence-corrected chi connectivity index (χ0v) is 14.0. The van der Waals surface area contributed by atoms with Gasteiger partial charge in [0.2, 0.25) is 0 Å². The molecule has 2 unspecified atom stereocenters. The summed E-state index contributed by atoms with van der Waals surface area (Å²) in [6, 6.07) is 0. The third kappa shape index (κ3) is 9.07. The molecule has 0 aromatic heterocycles. The fraction of sp³-hybridized carbons (Fsp3) is 0.941. The third-order valence-corrected chi connectivity index (χ3v) is 3.79. The van der Waals surface area contributed by atoms with Gasteiger partial charge in [0.15, 0.2) is 0 Å². The summed E-state index contributed by atoms with van der Waals surface area (Å²) < 4.78 is 0. The Hall–Kier alpha value is -0.530. The molecule has 2 atom stereocenters. The molecule has 0 saturated carbocycles. The lowest BCUT2D eigenvalue weighted by Crippen LogP contribution is -2.26. The summed E-state index contributed by atoms with van der Waals surface area (Å²) in [5, 5.41) is 9.13. The van der Waals surface area contributed by atoms with Gasteiger partial charge in [-0.05, 0) is 43.9 Å². The van der Waals surface area contributed by atoms with Crippen molar-refractivity contribution in [1.29, 1.82) is 0 Å². The number of carboxylic acid groups (broad SMARTS) is 1. The molecule has 0 radical (unpaired) electrons. The molecule has 0 aliphatic carbocycles. The Morgan fingerprint density at radius 1 is 0.947 bits per heavy atom. The highest BCUT2D eigenvalue weighted by molar-refractivity contribution is 5.73. The van der Waals surface area contributed by atoms with Crippen molar-refractivity contribution in [3.8, 4) is 0 Å². The smallest absolute Gasteiger partial charge is 0.309 e. The van der Waals surface area contributed by atoms with Crippen molar-refractivity contribution in [2.45, 2.75) is 80.6 Å². The number of carboxylic acids is 1. The van der Waals surface area contributed by atoms with Crippen LogP contribution in [-0.2, 0) is 4.79 Å².